The number of halogens is 1. The molecule has 1 atom stereocenters. The van der Waals surface area contributed by atoms with E-state index in [9.17, 15) is 9.18 Å². The lowest BCUT2D eigenvalue weighted by Crippen LogP contribution is -2.12. The number of ketones is 1. The van der Waals surface area contributed by atoms with Crippen LogP contribution in [0.2, 0.25) is 0 Å². The molecule has 1 aromatic heterocycles. The molecule has 0 amide bonds. The standard InChI is InChI=1S/C13H11FO2S/c14-10-1-2-11-9(5-10)6-12(16-11)13(15)8-3-4-17-7-8/h1-2,5-6,8H,3-4,7H2. The van der Waals surface area contributed by atoms with Gasteiger partial charge >= 0.3 is 0 Å². The summed E-state index contributed by atoms with van der Waals surface area (Å²) in [5, 5.41) is 0.652. The fourth-order valence-electron chi connectivity index (χ4n) is 2.08. The maximum absolute atomic E-state index is 13.0. The summed E-state index contributed by atoms with van der Waals surface area (Å²) in [6.07, 6.45) is 0.912. The molecule has 1 aromatic carbocycles. The number of furan rings is 1. The van der Waals surface area contributed by atoms with Crippen LogP contribution in [0.25, 0.3) is 11.0 Å². The Bertz CT molecular complexity index is 570. The molecule has 2 aromatic rings. The Balaban J connectivity index is 1.97. The Hall–Kier alpha value is -1.29. The van der Waals surface area contributed by atoms with Crippen molar-refractivity contribution in [3.8, 4) is 0 Å². The molecule has 0 spiro atoms. The largest absolute Gasteiger partial charge is 0.453 e. The van der Waals surface area contributed by atoms with Gasteiger partial charge < -0.3 is 4.42 Å². The van der Waals surface area contributed by atoms with Gasteiger partial charge in [0.15, 0.2) is 5.76 Å². The van der Waals surface area contributed by atoms with Crippen LogP contribution in [-0.4, -0.2) is 17.3 Å². The number of Topliss-reactive ketones (excluding diaryl/α,β-unsaturated/α-hetero) is 1. The molecule has 0 saturated carbocycles. The van der Waals surface area contributed by atoms with Crippen LogP contribution in [0.3, 0.4) is 0 Å². The second-order valence-electron chi connectivity index (χ2n) is 4.22. The molecule has 1 fully saturated rings. The van der Waals surface area contributed by atoms with Gasteiger partial charge in [0.1, 0.15) is 11.4 Å². The number of rotatable bonds is 2. The zero-order valence-electron chi connectivity index (χ0n) is 9.11. The van der Waals surface area contributed by atoms with Gasteiger partial charge in [-0.15, -0.1) is 0 Å². The van der Waals surface area contributed by atoms with Crippen LogP contribution in [0.5, 0.6) is 0 Å². The van der Waals surface area contributed by atoms with Crippen molar-refractivity contribution in [1.82, 2.24) is 0 Å². The van der Waals surface area contributed by atoms with Gasteiger partial charge in [0.05, 0.1) is 0 Å². The predicted octanol–water partition coefficient (Wildman–Crippen LogP) is 3.51. The van der Waals surface area contributed by atoms with E-state index in [-0.39, 0.29) is 17.5 Å². The lowest BCUT2D eigenvalue weighted by Gasteiger charge is -2.02. The van der Waals surface area contributed by atoms with Crippen LogP contribution in [0.15, 0.2) is 28.7 Å². The third kappa shape index (κ3) is 1.97. The Morgan fingerprint density at radius 2 is 2.29 bits per heavy atom. The Labute approximate surface area is 102 Å². The van der Waals surface area contributed by atoms with Crippen molar-refractivity contribution in [3.05, 3.63) is 35.8 Å². The highest BCUT2D eigenvalue weighted by Crippen LogP contribution is 2.29. The molecule has 88 valence electrons. The van der Waals surface area contributed by atoms with E-state index >= 15 is 0 Å². The Kier molecular flexibility index (Phi) is 2.67. The molecule has 0 N–H and O–H groups in total. The summed E-state index contributed by atoms with van der Waals surface area (Å²) in [4.78, 5) is 12.1. The molecule has 0 bridgehead atoms. The fourth-order valence-corrected chi connectivity index (χ4v) is 3.30. The summed E-state index contributed by atoms with van der Waals surface area (Å²) in [5.74, 6) is 2.05. The highest BCUT2D eigenvalue weighted by Gasteiger charge is 2.26. The maximum Gasteiger partial charge on any atom is 0.201 e. The van der Waals surface area contributed by atoms with Crippen molar-refractivity contribution in [2.45, 2.75) is 6.42 Å². The second-order valence-corrected chi connectivity index (χ2v) is 5.37. The quantitative estimate of drug-likeness (QED) is 0.764. The van der Waals surface area contributed by atoms with Crippen LogP contribution in [0.4, 0.5) is 4.39 Å². The fraction of sp³-hybridized carbons (Fsp3) is 0.308. The average molecular weight is 250 g/mol. The molecule has 1 saturated heterocycles. The number of carbonyl (C=O) groups is 1. The van der Waals surface area contributed by atoms with Gasteiger partial charge in [0.25, 0.3) is 0 Å². The van der Waals surface area contributed by atoms with Crippen LogP contribution in [0, 0.1) is 11.7 Å². The van der Waals surface area contributed by atoms with E-state index in [0.29, 0.717) is 16.7 Å². The minimum absolute atomic E-state index is 0.0478. The zero-order valence-corrected chi connectivity index (χ0v) is 9.93. The van der Waals surface area contributed by atoms with Crippen LogP contribution >= 0.6 is 11.8 Å². The van der Waals surface area contributed by atoms with E-state index in [1.54, 1.807) is 23.9 Å². The van der Waals surface area contributed by atoms with Crippen molar-refractivity contribution >= 4 is 28.5 Å². The first-order valence-electron chi connectivity index (χ1n) is 5.55. The first-order chi connectivity index (χ1) is 8.24. The van der Waals surface area contributed by atoms with Gasteiger partial charge in [0.2, 0.25) is 5.78 Å². The summed E-state index contributed by atoms with van der Waals surface area (Å²) in [5.41, 5.74) is 0.570. The van der Waals surface area contributed by atoms with Gasteiger partial charge in [-0.05, 0) is 36.4 Å². The smallest absolute Gasteiger partial charge is 0.201 e. The third-order valence-corrected chi connectivity index (χ3v) is 4.18. The van der Waals surface area contributed by atoms with E-state index in [1.165, 1.54) is 12.1 Å². The van der Waals surface area contributed by atoms with Crippen LogP contribution < -0.4 is 0 Å². The van der Waals surface area contributed by atoms with Crippen molar-refractivity contribution in [1.29, 1.82) is 0 Å². The van der Waals surface area contributed by atoms with E-state index in [4.69, 9.17) is 4.42 Å². The van der Waals surface area contributed by atoms with Crippen molar-refractivity contribution in [3.63, 3.8) is 0 Å². The van der Waals surface area contributed by atoms with Gasteiger partial charge in [0, 0.05) is 17.1 Å². The monoisotopic (exact) mass is 250 g/mol. The summed E-state index contributed by atoms with van der Waals surface area (Å²) >= 11 is 1.79. The number of hydrogen-bond donors (Lipinski definition) is 0. The Morgan fingerprint density at radius 1 is 1.41 bits per heavy atom. The topological polar surface area (TPSA) is 30.2 Å². The van der Waals surface area contributed by atoms with Gasteiger partial charge in [-0.1, -0.05) is 0 Å². The molecule has 0 radical (unpaired) electrons. The highest BCUT2D eigenvalue weighted by atomic mass is 32.2. The minimum Gasteiger partial charge on any atom is -0.453 e. The Morgan fingerprint density at radius 3 is 3.06 bits per heavy atom. The lowest BCUT2D eigenvalue weighted by atomic mass is 10.0. The van der Waals surface area contributed by atoms with Crippen molar-refractivity contribution in [2.24, 2.45) is 5.92 Å². The van der Waals surface area contributed by atoms with Gasteiger partial charge in [-0.25, -0.2) is 4.39 Å². The molecule has 2 heterocycles. The van der Waals surface area contributed by atoms with Crippen molar-refractivity contribution < 1.29 is 13.6 Å². The minimum atomic E-state index is -0.311. The molecule has 1 unspecified atom stereocenters. The van der Waals surface area contributed by atoms with E-state index < -0.39 is 0 Å². The molecule has 4 heteroatoms. The second kappa shape index (κ2) is 4.18. The molecule has 1 aliphatic rings. The number of hydrogen-bond acceptors (Lipinski definition) is 3. The summed E-state index contributed by atoms with van der Waals surface area (Å²) < 4.78 is 18.5. The normalized spacial score (nSPS) is 19.9. The molecule has 1 aliphatic heterocycles. The number of carbonyl (C=O) groups excluding carboxylic acids is 1. The van der Waals surface area contributed by atoms with E-state index in [0.717, 1.165) is 17.9 Å². The SMILES string of the molecule is O=C(c1cc2cc(F)ccc2o1)C1CCSC1. The predicted molar refractivity (Wildman–Crippen MR) is 65.9 cm³/mol. The highest BCUT2D eigenvalue weighted by molar-refractivity contribution is 7.99. The average Bonchev–Trinajstić information content (AvgIpc) is 2.96. The first-order valence-corrected chi connectivity index (χ1v) is 6.70. The lowest BCUT2D eigenvalue weighted by molar-refractivity contribution is 0.0908. The summed E-state index contributed by atoms with van der Waals surface area (Å²) in [7, 11) is 0. The number of fused-ring (bicyclic) bond motifs is 1. The van der Waals surface area contributed by atoms with Crippen LogP contribution in [0.1, 0.15) is 17.0 Å². The zero-order chi connectivity index (χ0) is 11.8. The number of benzene rings is 1. The number of thioether (sulfide) groups is 1. The van der Waals surface area contributed by atoms with Gasteiger partial charge in [-0.2, -0.15) is 11.8 Å². The van der Waals surface area contributed by atoms with Gasteiger partial charge in [-0.3, -0.25) is 4.79 Å². The van der Waals surface area contributed by atoms with E-state index in [1.807, 2.05) is 0 Å². The third-order valence-electron chi connectivity index (χ3n) is 3.02. The summed E-state index contributed by atoms with van der Waals surface area (Å²) in [6, 6.07) is 5.93. The maximum atomic E-state index is 13.0. The molecular weight excluding hydrogens is 239 g/mol. The van der Waals surface area contributed by atoms with Crippen LogP contribution in [-0.2, 0) is 0 Å². The van der Waals surface area contributed by atoms with Crippen molar-refractivity contribution in [2.75, 3.05) is 11.5 Å². The molecular formula is C13H11FO2S. The molecule has 3 rings (SSSR count). The molecule has 0 aliphatic carbocycles. The first kappa shape index (κ1) is 10.8. The molecule has 2 nitrogen and oxygen atoms in total. The summed E-state index contributed by atoms with van der Waals surface area (Å²) in [6.45, 7) is 0. The molecule has 17 heavy (non-hydrogen) atoms. The van der Waals surface area contributed by atoms with E-state index in [2.05, 4.69) is 0 Å².